The molecule has 1 aliphatic heterocycles. The second-order valence-corrected chi connectivity index (χ2v) is 9.35. The van der Waals surface area contributed by atoms with Gasteiger partial charge in [0.05, 0.1) is 18.1 Å². The Morgan fingerprint density at radius 1 is 1.24 bits per heavy atom. The summed E-state index contributed by atoms with van der Waals surface area (Å²) >= 11 is 0. The molecule has 3 fully saturated rings. The van der Waals surface area contributed by atoms with Crippen molar-refractivity contribution in [2.45, 2.75) is 37.5 Å². The largest absolute Gasteiger partial charge is 0.383 e. The van der Waals surface area contributed by atoms with Gasteiger partial charge in [0.15, 0.2) is 0 Å². The Kier molecular flexibility index (Phi) is 5.70. The average molecular weight is 461 g/mol. The molecule has 1 atom stereocenters. The third kappa shape index (κ3) is 3.88. The third-order valence-corrected chi connectivity index (χ3v) is 7.23. The molecule has 0 spiro atoms. The van der Waals surface area contributed by atoms with Gasteiger partial charge < -0.3 is 20.3 Å². The van der Waals surface area contributed by atoms with Crippen LogP contribution in [-0.2, 0) is 19.7 Å². The van der Waals surface area contributed by atoms with Crippen molar-refractivity contribution in [2.75, 3.05) is 37.0 Å². The van der Waals surface area contributed by atoms with Crippen LogP contribution in [0.25, 0.3) is 0 Å². The van der Waals surface area contributed by atoms with Gasteiger partial charge in [-0.25, -0.2) is 9.97 Å². The molecule has 1 saturated heterocycles. The molecule has 5 rings (SSSR count). The van der Waals surface area contributed by atoms with Crippen molar-refractivity contribution in [1.82, 2.24) is 15.3 Å². The summed E-state index contributed by atoms with van der Waals surface area (Å²) in [6.45, 7) is 1.51. The minimum atomic E-state index is -0.872. The molecule has 0 bridgehead atoms. The Morgan fingerprint density at radius 2 is 2.06 bits per heavy atom. The first-order chi connectivity index (χ1) is 16.5. The molecule has 2 N–H and O–H groups in total. The van der Waals surface area contributed by atoms with E-state index in [-0.39, 0.29) is 17.7 Å². The summed E-state index contributed by atoms with van der Waals surface area (Å²) in [5, 5.41) is 15.8. The second kappa shape index (κ2) is 8.69. The van der Waals surface area contributed by atoms with E-state index in [1.807, 2.05) is 12.1 Å². The van der Waals surface area contributed by atoms with E-state index >= 15 is 0 Å². The molecular weight excluding hydrogens is 432 g/mol. The summed E-state index contributed by atoms with van der Waals surface area (Å²) < 4.78 is 5.00. The number of carbonyl (C=O) groups excluding carboxylic acids is 2. The lowest BCUT2D eigenvalue weighted by atomic mass is 9.83. The Bertz CT molecular complexity index is 1140. The van der Waals surface area contributed by atoms with Gasteiger partial charge in [-0.1, -0.05) is 6.07 Å². The summed E-state index contributed by atoms with van der Waals surface area (Å²) in [5.41, 5.74) is 0.248. The molecule has 2 amide bonds. The highest BCUT2D eigenvalue weighted by molar-refractivity contribution is 6.02. The number of ether oxygens (including phenoxy) is 1. The number of amides is 2. The predicted octanol–water partition coefficient (Wildman–Crippen LogP) is 2.67. The number of carbonyl (C=O) groups is 2. The Balaban J connectivity index is 1.26. The van der Waals surface area contributed by atoms with Gasteiger partial charge in [-0.3, -0.25) is 9.59 Å². The minimum absolute atomic E-state index is 0.0105. The highest BCUT2D eigenvalue weighted by Gasteiger charge is 2.56. The van der Waals surface area contributed by atoms with Crippen LogP contribution in [0.5, 0.6) is 0 Å². The zero-order valence-corrected chi connectivity index (χ0v) is 19.2. The maximum absolute atomic E-state index is 13.1. The van der Waals surface area contributed by atoms with Crippen LogP contribution in [0.3, 0.4) is 0 Å². The lowest BCUT2D eigenvalue weighted by Crippen LogP contribution is -2.36. The first kappa shape index (κ1) is 22.3. The van der Waals surface area contributed by atoms with E-state index in [0.29, 0.717) is 37.8 Å². The smallest absolute Gasteiger partial charge is 0.247 e. The Hall–Kier alpha value is -3.51. The minimum Gasteiger partial charge on any atom is -0.383 e. The first-order valence-electron chi connectivity index (χ1n) is 11.7. The number of rotatable bonds is 9. The summed E-state index contributed by atoms with van der Waals surface area (Å²) in [7, 11) is 1.61. The maximum Gasteiger partial charge on any atom is 0.247 e. The lowest BCUT2D eigenvalue weighted by Gasteiger charge is -2.21. The molecule has 176 valence electrons. The van der Waals surface area contributed by atoms with Crippen LogP contribution in [0.2, 0.25) is 0 Å². The number of nitriles is 1. The average Bonchev–Trinajstić information content (AvgIpc) is 3.78. The molecule has 3 heterocycles. The van der Waals surface area contributed by atoms with E-state index in [1.165, 1.54) is 0 Å². The van der Waals surface area contributed by atoms with E-state index in [0.717, 1.165) is 36.9 Å². The Morgan fingerprint density at radius 3 is 2.71 bits per heavy atom. The molecule has 9 nitrogen and oxygen atoms in total. The quantitative estimate of drug-likeness (QED) is 0.552. The van der Waals surface area contributed by atoms with Gasteiger partial charge in [-0.05, 0) is 55.7 Å². The van der Waals surface area contributed by atoms with Gasteiger partial charge in [-0.2, -0.15) is 5.26 Å². The molecule has 0 aromatic carbocycles. The molecule has 0 unspecified atom stereocenters. The van der Waals surface area contributed by atoms with Crippen molar-refractivity contribution in [1.29, 1.82) is 5.26 Å². The second-order valence-electron chi connectivity index (χ2n) is 9.35. The number of hydrogen-bond donors (Lipinski definition) is 2. The normalized spacial score (nSPS) is 22.8. The van der Waals surface area contributed by atoms with E-state index in [1.54, 1.807) is 36.5 Å². The third-order valence-electron chi connectivity index (χ3n) is 7.23. The number of aromatic nitrogens is 2. The van der Waals surface area contributed by atoms with Crippen LogP contribution in [0.1, 0.15) is 37.7 Å². The van der Waals surface area contributed by atoms with Gasteiger partial charge >= 0.3 is 0 Å². The molecule has 0 radical (unpaired) electrons. The van der Waals surface area contributed by atoms with Crippen molar-refractivity contribution in [2.24, 2.45) is 11.3 Å². The summed E-state index contributed by atoms with van der Waals surface area (Å²) in [4.78, 5) is 36.3. The zero-order chi connectivity index (χ0) is 23.8. The number of hydrogen-bond acceptors (Lipinski definition) is 7. The van der Waals surface area contributed by atoms with Gasteiger partial charge in [0.1, 0.15) is 17.1 Å². The van der Waals surface area contributed by atoms with Crippen LogP contribution >= 0.6 is 0 Å². The summed E-state index contributed by atoms with van der Waals surface area (Å²) in [5.74, 6) is 1.26. The molecule has 2 aliphatic carbocycles. The zero-order valence-electron chi connectivity index (χ0n) is 19.2. The standard InChI is InChI=1S/C25H28N6O3/c1-34-13-11-28-22(32)24(7-8-24)18-4-5-20(29-15-18)30-21-14-19(6-10-27-21)31-12-9-25(16-26,23(31)33)17-2-3-17/h4-6,10,14-15,17H,2-3,7-9,11-13H2,1H3,(H,28,32)(H,27,29,30)/t25-/m1/s1. The van der Waals surface area contributed by atoms with Crippen molar-refractivity contribution >= 4 is 29.1 Å². The fraction of sp³-hybridized carbons (Fsp3) is 0.480. The first-order valence-corrected chi connectivity index (χ1v) is 11.7. The Labute approximate surface area is 198 Å². The van der Waals surface area contributed by atoms with Crippen LogP contribution in [0, 0.1) is 22.7 Å². The SMILES string of the molecule is COCCNC(=O)C1(c2ccc(Nc3cc(N4CC[C@@](C#N)(C5CC5)C4=O)ccn3)nc2)CC1. The number of anilines is 3. The van der Waals surface area contributed by atoms with Crippen molar-refractivity contribution in [3.05, 3.63) is 42.2 Å². The van der Waals surface area contributed by atoms with Crippen LogP contribution in [0.4, 0.5) is 17.3 Å². The van der Waals surface area contributed by atoms with E-state index in [9.17, 15) is 14.9 Å². The number of nitrogens with zero attached hydrogens (tertiary/aromatic N) is 4. The van der Waals surface area contributed by atoms with Gasteiger partial charge in [0.25, 0.3) is 0 Å². The maximum atomic E-state index is 13.1. The van der Waals surface area contributed by atoms with Crippen molar-refractivity contribution < 1.29 is 14.3 Å². The molecule has 2 saturated carbocycles. The molecular formula is C25H28N6O3. The monoisotopic (exact) mass is 460 g/mol. The molecule has 2 aromatic rings. The summed E-state index contributed by atoms with van der Waals surface area (Å²) in [6, 6.07) is 9.67. The lowest BCUT2D eigenvalue weighted by molar-refractivity contribution is -0.124. The molecule has 34 heavy (non-hydrogen) atoms. The van der Waals surface area contributed by atoms with Crippen LogP contribution in [0.15, 0.2) is 36.7 Å². The van der Waals surface area contributed by atoms with E-state index in [4.69, 9.17) is 4.74 Å². The number of nitrogens with one attached hydrogen (secondary N) is 2. The van der Waals surface area contributed by atoms with Gasteiger partial charge in [0.2, 0.25) is 11.8 Å². The van der Waals surface area contributed by atoms with Gasteiger partial charge in [-0.15, -0.1) is 0 Å². The molecule has 9 heteroatoms. The topological polar surface area (TPSA) is 120 Å². The predicted molar refractivity (Wildman–Crippen MR) is 125 cm³/mol. The van der Waals surface area contributed by atoms with E-state index < -0.39 is 10.8 Å². The highest BCUT2D eigenvalue weighted by Crippen LogP contribution is 2.52. The van der Waals surface area contributed by atoms with Crippen LogP contribution < -0.4 is 15.5 Å². The fourth-order valence-electron chi connectivity index (χ4n) is 4.88. The highest BCUT2D eigenvalue weighted by atomic mass is 16.5. The summed E-state index contributed by atoms with van der Waals surface area (Å²) in [6.07, 6.45) is 7.46. The van der Waals surface area contributed by atoms with Crippen molar-refractivity contribution in [3.8, 4) is 6.07 Å². The van der Waals surface area contributed by atoms with Crippen LogP contribution in [-0.4, -0.2) is 48.6 Å². The van der Waals surface area contributed by atoms with Crippen molar-refractivity contribution in [3.63, 3.8) is 0 Å². The number of pyridine rings is 2. The van der Waals surface area contributed by atoms with Gasteiger partial charge in [0, 0.05) is 44.3 Å². The van der Waals surface area contributed by atoms with E-state index in [2.05, 4.69) is 26.7 Å². The fourth-order valence-corrected chi connectivity index (χ4v) is 4.88. The molecule has 3 aliphatic rings. The molecule has 2 aromatic heterocycles. The number of methoxy groups -OCH3 is 1.